The van der Waals surface area contributed by atoms with Crippen molar-refractivity contribution in [2.75, 3.05) is 13.6 Å². The highest BCUT2D eigenvalue weighted by Gasteiger charge is 2.30. The lowest BCUT2D eigenvalue weighted by Gasteiger charge is -2.23. The molecule has 0 aliphatic rings. The predicted octanol–water partition coefficient (Wildman–Crippen LogP) is -0.752. The number of aliphatic carboxylic acids is 2. The van der Waals surface area contributed by atoms with Gasteiger partial charge in [-0.1, -0.05) is 26.0 Å². The fourth-order valence-electron chi connectivity index (χ4n) is 2.79. The van der Waals surface area contributed by atoms with Crippen molar-refractivity contribution in [3.8, 4) is 0 Å². The Bertz CT molecular complexity index is 1000. The minimum atomic E-state index is -1.52. The summed E-state index contributed by atoms with van der Waals surface area (Å²) in [6.45, 7) is 2.66. The van der Waals surface area contributed by atoms with Gasteiger partial charge in [0.2, 0.25) is 17.7 Å². The van der Waals surface area contributed by atoms with Gasteiger partial charge in [0.05, 0.1) is 18.7 Å². The van der Waals surface area contributed by atoms with Crippen molar-refractivity contribution in [3.05, 3.63) is 35.9 Å². The lowest BCUT2D eigenvalue weighted by atomic mass is 10.0. The van der Waals surface area contributed by atoms with Crippen LogP contribution in [0.25, 0.3) is 6.08 Å². The van der Waals surface area contributed by atoms with Crippen LogP contribution in [0, 0.1) is 5.92 Å². The minimum Gasteiger partial charge on any atom is -0.481 e. The molecule has 0 saturated heterocycles. The van der Waals surface area contributed by atoms with Gasteiger partial charge in [-0.15, -0.1) is 0 Å². The molecule has 0 saturated carbocycles. The van der Waals surface area contributed by atoms with Gasteiger partial charge in [0, 0.05) is 13.1 Å². The number of nitrogens with zero attached hydrogens (tertiary/aromatic N) is 2. The van der Waals surface area contributed by atoms with Crippen LogP contribution in [-0.2, 0) is 24.0 Å². The van der Waals surface area contributed by atoms with Crippen LogP contribution in [-0.4, -0.2) is 76.4 Å². The molecule has 35 heavy (non-hydrogen) atoms. The summed E-state index contributed by atoms with van der Waals surface area (Å²) in [6, 6.07) is 3.84. The minimum absolute atomic E-state index is 0.0897. The predicted molar refractivity (Wildman–Crippen MR) is 127 cm³/mol. The van der Waals surface area contributed by atoms with Crippen molar-refractivity contribution in [2.24, 2.45) is 22.4 Å². The largest absolute Gasteiger partial charge is 0.481 e. The van der Waals surface area contributed by atoms with Gasteiger partial charge < -0.3 is 37.2 Å². The molecule has 0 aliphatic carbocycles. The number of guanidine groups is 1. The summed E-state index contributed by atoms with van der Waals surface area (Å²) in [7, 11) is 1.35. The molecule has 1 rings (SSSR count). The van der Waals surface area contributed by atoms with E-state index in [2.05, 4.69) is 15.6 Å². The Morgan fingerprint density at radius 1 is 1.06 bits per heavy atom. The molecule has 0 spiro atoms. The highest BCUT2D eigenvalue weighted by atomic mass is 16.4. The monoisotopic (exact) mass is 490 g/mol. The van der Waals surface area contributed by atoms with E-state index < -0.39 is 60.6 Å². The van der Waals surface area contributed by atoms with Crippen LogP contribution in [0.1, 0.15) is 25.8 Å². The first-order valence-electron chi connectivity index (χ1n) is 10.5. The van der Waals surface area contributed by atoms with E-state index in [9.17, 15) is 29.1 Å². The van der Waals surface area contributed by atoms with Crippen LogP contribution in [0.5, 0.6) is 0 Å². The number of carboxylic acids is 2. The molecule has 2 atom stereocenters. The summed E-state index contributed by atoms with van der Waals surface area (Å²) in [5.41, 5.74) is 11.8. The Morgan fingerprint density at radius 2 is 1.66 bits per heavy atom. The maximum atomic E-state index is 12.4. The maximum absolute atomic E-state index is 12.4. The molecule has 1 aromatic carbocycles. The van der Waals surface area contributed by atoms with Crippen molar-refractivity contribution in [1.82, 2.24) is 15.5 Å². The van der Waals surface area contributed by atoms with Gasteiger partial charge in [0.25, 0.3) is 0 Å². The Morgan fingerprint density at radius 3 is 2.14 bits per heavy atom. The standard InChI is InChI=1S/C22H30N6O7/c1-12(2)19(21(34)35)27-20(33)15(10-18(31)32)26-16(29)11-28(3)17(30)9-6-13-4-7-14(8-5-13)25-22(23)24/h4-9,12,15,19H,10-11H2,1-3H3,(H,26,29)(H,27,33)(H,31,32)(H,34,35)(H4,23,24,25)/t15-,19-/m0/s1. The topological polar surface area (TPSA) is 218 Å². The van der Waals surface area contributed by atoms with Gasteiger partial charge in [-0.3, -0.25) is 19.2 Å². The zero-order valence-corrected chi connectivity index (χ0v) is 19.6. The van der Waals surface area contributed by atoms with Crippen LogP contribution in [0.15, 0.2) is 35.3 Å². The molecule has 0 heterocycles. The quantitative estimate of drug-likeness (QED) is 0.123. The van der Waals surface area contributed by atoms with Crippen LogP contribution in [0.4, 0.5) is 5.69 Å². The second-order valence-corrected chi connectivity index (χ2v) is 7.94. The van der Waals surface area contributed by atoms with Gasteiger partial charge in [0.15, 0.2) is 5.96 Å². The molecule has 0 radical (unpaired) electrons. The summed E-state index contributed by atoms with van der Waals surface area (Å²) in [5.74, 6) is -5.52. The smallest absolute Gasteiger partial charge is 0.326 e. The number of aliphatic imine (C=N–C) groups is 1. The van der Waals surface area contributed by atoms with E-state index in [0.29, 0.717) is 11.3 Å². The molecule has 13 heteroatoms. The Hall–Kier alpha value is -4.42. The molecule has 1 aromatic rings. The third-order valence-corrected chi connectivity index (χ3v) is 4.59. The lowest BCUT2D eigenvalue weighted by Crippen LogP contribution is -2.54. The number of nitrogens with one attached hydrogen (secondary N) is 2. The second kappa shape index (κ2) is 13.3. The van der Waals surface area contributed by atoms with Crippen LogP contribution in [0.2, 0.25) is 0 Å². The van der Waals surface area contributed by atoms with E-state index in [1.165, 1.54) is 19.2 Å². The molecule has 13 nitrogen and oxygen atoms in total. The number of rotatable bonds is 12. The second-order valence-electron chi connectivity index (χ2n) is 7.94. The number of likely N-dealkylation sites (N-methyl/N-ethyl adjacent to an activating group) is 1. The van der Waals surface area contributed by atoms with Gasteiger partial charge in [-0.05, 0) is 29.7 Å². The molecule has 8 N–H and O–H groups in total. The van der Waals surface area contributed by atoms with E-state index in [4.69, 9.17) is 16.6 Å². The fraction of sp³-hybridized carbons (Fsp3) is 0.364. The molecular weight excluding hydrogens is 460 g/mol. The highest BCUT2D eigenvalue weighted by Crippen LogP contribution is 2.13. The van der Waals surface area contributed by atoms with Crippen molar-refractivity contribution in [1.29, 1.82) is 0 Å². The fourth-order valence-corrected chi connectivity index (χ4v) is 2.79. The van der Waals surface area contributed by atoms with Crippen molar-refractivity contribution >= 4 is 47.4 Å². The van der Waals surface area contributed by atoms with Crippen LogP contribution < -0.4 is 22.1 Å². The Kier molecular flexibility index (Phi) is 10.9. The third kappa shape index (κ3) is 10.4. The summed E-state index contributed by atoms with van der Waals surface area (Å²) >= 11 is 0. The number of nitrogens with two attached hydrogens (primary N) is 2. The van der Waals surface area contributed by atoms with Gasteiger partial charge in [-0.25, -0.2) is 9.79 Å². The molecule has 190 valence electrons. The molecule has 0 aliphatic heterocycles. The number of hydrogen-bond acceptors (Lipinski definition) is 6. The van der Waals surface area contributed by atoms with E-state index in [1.807, 2.05) is 0 Å². The molecule has 0 fully saturated rings. The van der Waals surface area contributed by atoms with Crippen molar-refractivity contribution in [2.45, 2.75) is 32.4 Å². The maximum Gasteiger partial charge on any atom is 0.326 e. The summed E-state index contributed by atoms with van der Waals surface area (Å²) in [4.78, 5) is 64.5. The van der Waals surface area contributed by atoms with Crippen molar-refractivity contribution in [3.63, 3.8) is 0 Å². The highest BCUT2D eigenvalue weighted by molar-refractivity contribution is 5.96. The van der Waals surface area contributed by atoms with E-state index in [0.717, 1.165) is 4.90 Å². The SMILES string of the molecule is CC(C)[C@H](NC(=O)[C@H](CC(=O)O)NC(=O)CN(C)C(=O)C=Cc1ccc(N=C(N)N)cc1)C(=O)O. The Balaban J connectivity index is 2.77. The lowest BCUT2D eigenvalue weighted by molar-refractivity contribution is -0.144. The van der Waals surface area contributed by atoms with E-state index in [1.54, 1.807) is 38.1 Å². The molecule has 3 amide bonds. The van der Waals surface area contributed by atoms with E-state index >= 15 is 0 Å². The number of carbonyl (C=O) groups is 5. The third-order valence-electron chi connectivity index (χ3n) is 4.59. The number of carbonyl (C=O) groups excluding carboxylic acids is 3. The van der Waals surface area contributed by atoms with Crippen molar-refractivity contribution < 1.29 is 34.2 Å². The van der Waals surface area contributed by atoms with Crippen LogP contribution >= 0.6 is 0 Å². The molecule has 0 unspecified atom stereocenters. The summed E-state index contributed by atoms with van der Waals surface area (Å²) < 4.78 is 0. The molecular formula is C22H30N6O7. The number of hydrogen-bond donors (Lipinski definition) is 6. The summed E-state index contributed by atoms with van der Waals surface area (Å²) in [6.07, 6.45) is 1.97. The Labute approximate surface area is 201 Å². The first-order chi connectivity index (χ1) is 16.3. The molecule has 0 aromatic heterocycles. The zero-order chi connectivity index (χ0) is 26.7. The van der Waals surface area contributed by atoms with Crippen LogP contribution in [0.3, 0.4) is 0 Å². The average Bonchev–Trinajstić information content (AvgIpc) is 2.74. The number of amides is 3. The van der Waals surface area contributed by atoms with Gasteiger partial charge in [0.1, 0.15) is 12.1 Å². The first-order valence-corrected chi connectivity index (χ1v) is 10.5. The van der Waals surface area contributed by atoms with E-state index in [-0.39, 0.29) is 5.96 Å². The first kappa shape index (κ1) is 28.6. The molecule has 0 bridgehead atoms. The zero-order valence-electron chi connectivity index (χ0n) is 19.6. The van der Waals surface area contributed by atoms with Gasteiger partial charge in [-0.2, -0.15) is 0 Å². The van der Waals surface area contributed by atoms with Gasteiger partial charge >= 0.3 is 11.9 Å². The number of carboxylic acid groups (broad SMARTS) is 2. The normalized spacial score (nSPS) is 12.5. The summed E-state index contributed by atoms with van der Waals surface area (Å²) in [5, 5.41) is 22.7. The average molecular weight is 491 g/mol. The number of benzene rings is 1.